The van der Waals surface area contributed by atoms with Crippen LogP contribution in [0.15, 0.2) is 47.6 Å². The van der Waals surface area contributed by atoms with E-state index in [2.05, 4.69) is 39.8 Å². The third kappa shape index (κ3) is 3.80. The van der Waals surface area contributed by atoms with Gasteiger partial charge in [0.15, 0.2) is 0 Å². The molecule has 6 nitrogen and oxygen atoms in total. The summed E-state index contributed by atoms with van der Waals surface area (Å²) in [5.74, 6) is 0.120. The average molecular weight is 394 g/mol. The van der Waals surface area contributed by atoms with E-state index in [0.717, 1.165) is 29.8 Å². The van der Waals surface area contributed by atoms with Gasteiger partial charge < -0.3 is 4.90 Å². The van der Waals surface area contributed by atoms with Crippen molar-refractivity contribution in [2.45, 2.75) is 44.1 Å². The predicted molar refractivity (Wildman–Crippen MR) is 110 cm³/mol. The van der Waals surface area contributed by atoms with Gasteiger partial charge in [-0.25, -0.2) is 0 Å². The molecule has 0 radical (unpaired) electrons. The minimum absolute atomic E-state index is 0.120. The molecule has 1 aliphatic rings. The molecule has 2 heterocycles. The molecular weight excluding hydrogens is 370 g/mol. The highest BCUT2D eigenvalue weighted by Gasteiger charge is 2.26. The molecule has 1 atom stereocenters. The smallest absolute Gasteiger partial charge is 0.236 e. The maximum Gasteiger partial charge on any atom is 0.236 e. The number of rotatable bonds is 4. The second-order valence-electron chi connectivity index (χ2n) is 7.26. The fourth-order valence-electron chi connectivity index (χ4n) is 3.64. The summed E-state index contributed by atoms with van der Waals surface area (Å²) >= 11 is 1.40. The molecule has 0 saturated heterocycles. The van der Waals surface area contributed by atoms with E-state index in [4.69, 9.17) is 0 Å². The maximum absolute atomic E-state index is 13.0. The first-order chi connectivity index (χ1) is 13.5. The molecule has 0 bridgehead atoms. The summed E-state index contributed by atoms with van der Waals surface area (Å²) in [5, 5.41) is 12.5. The van der Waals surface area contributed by atoms with E-state index in [0.29, 0.717) is 11.7 Å². The Morgan fingerprint density at radius 1 is 1.11 bits per heavy atom. The van der Waals surface area contributed by atoms with Crippen molar-refractivity contribution in [1.82, 2.24) is 25.1 Å². The number of aryl methyl sites for hydroxylation is 2. The minimum atomic E-state index is -0.263. The Balaban J connectivity index is 1.50. The first-order valence-electron chi connectivity index (χ1n) is 9.40. The molecule has 144 valence electrons. The van der Waals surface area contributed by atoms with E-state index in [9.17, 15) is 4.79 Å². The zero-order valence-corrected chi connectivity index (χ0v) is 17.1. The summed E-state index contributed by atoms with van der Waals surface area (Å²) in [6.45, 7) is 7.45. The molecule has 3 aromatic rings. The van der Waals surface area contributed by atoms with Crippen molar-refractivity contribution >= 4 is 17.7 Å². The first-order valence-corrected chi connectivity index (χ1v) is 10.3. The van der Waals surface area contributed by atoms with Gasteiger partial charge in [-0.15, -0.1) is 5.10 Å². The lowest BCUT2D eigenvalue weighted by molar-refractivity contribution is -0.131. The van der Waals surface area contributed by atoms with Crippen LogP contribution in [0.4, 0.5) is 0 Å². The number of carbonyl (C=O) groups is 1. The van der Waals surface area contributed by atoms with Crippen LogP contribution in [-0.4, -0.2) is 42.8 Å². The van der Waals surface area contributed by atoms with Crippen molar-refractivity contribution in [3.05, 3.63) is 64.7 Å². The monoisotopic (exact) mass is 393 g/mol. The van der Waals surface area contributed by atoms with Crippen molar-refractivity contribution in [3.8, 4) is 5.69 Å². The molecule has 0 fully saturated rings. The molecule has 7 heteroatoms. The van der Waals surface area contributed by atoms with Crippen molar-refractivity contribution in [2.75, 3.05) is 6.54 Å². The lowest BCUT2D eigenvalue weighted by atomic mass is 10.00. The van der Waals surface area contributed by atoms with E-state index >= 15 is 0 Å². The van der Waals surface area contributed by atoms with Crippen molar-refractivity contribution < 1.29 is 4.79 Å². The van der Waals surface area contributed by atoms with Crippen LogP contribution in [0.25, 0.3) is 5.69 Å². The molecule has 0 unspecified atom stereocenters. The van der Waals surface area contributed by atoms with Crippen LogP contribution in [0.2, 0.25) is 0 Å². The molecule has 0 spiro atoms. The number of amides is 1. The summed E-state index contributed by atoms with van der Waals surface area (Å²) in [6.07, 6.45) is 0.902. The van der Waals surface area contributed by atoms with Crippen LogP contribution in [0.5, 0.6) is 0 Å². The first kappa shape index (κ1) is 18.7. The number of nitrogens with zero attached hydrogens (tertiary/aromatic N) is 5. The van der Waals surface area contributed by atoms with Gasteiger partial charge >= 0.3 is 0 Å². The molecule has 1 aliphatic heterocycles. The Hall–Kier alpha value is -2.67. The number of tetrazole rings is 1. The Morgan fingerprint density at radius 3 is 2.57 bits per heavy atom. The summed E-state index contributed by atoms with van der Waals surface area (Å²) in [7, 11) is 0. The Kier molecular flexibility index (Phi) is 5.17. The van der Waals surface area contributed by atoms with Crippen LogP contribution in [-0.2, 0) is 17.8 Å². The molecule has 2 aromatic carbocycles. The van der Waals surface area contributed by atoms with Gasteiger partial charge in [-0.05, 0) is 72.0 Å². The molecule has 1 amide bonds. The standard InChI is InChI=1S/C21H23N5OS/c1-14-10-15(2)12-19(11-14)26-21(22-23-24-26)28-16(3)20(27)25-9-8-17-6-4-5-7-18(17)13-25/h4-7,10-12,16H,8-9,13H2,1-3H3/t16-/m1/s1. The minimum Gasteiger partial charge on any atom is -0.337 e. The van der Waals surface area contributed by atoms with Crippen LogP contribution in [0, 0.1) is 13.8 Å². The van der Waals surface area contributed by atoms with E-state index in [1.165, 1.54) is 22.9 Å². The van der Waals surface area contributed by atoms with E-state index in [1.807, 2.05) is 43.9 Å². The van der Waals surface area contributed by atoms with Gasteiger partial charge in [-0.3, -0.25) is 4.79 Å². The van der Waals surface area contributed by atoms with Crippen LogP contribution in [0.1, 0.15) is 29.2 Å². The summed E-state index contributed by atoms with van der Waals surface area (Å²) in [6, 6.07) is 14.5. The summed E-state index contributed by atoms with van der Waals surface area (Å²) in [5.41, 5.74) is 5.79. The molecule has 4 rings (SSSR count). The second-order valence-corrected chi connectivity index (χ2v) is 8.57. The van der Waals surface area contributed by atoms with E-state index in [1.54, 1.807) is 4.68 Å². The Labute approximate surface area is 168 Å². The number of hydrogen-bond donors (Lipinski definition) is 0. The zero-order chi connectivity index (χ0) is 19.7. The summed E-state index contributed by atoms with van der Waals surface area (Å²) < 4.78 is 1.71. The predicted octanol–water partition coefficient (Wildman–Crippen LogP) is 3.34. The lowest BCUT2D eigenvalue weighted by Crippen LogP contribution is -2.40. The molecule has 1 aromatic heterocycles. The van der Waals surface area contributed by atoms with Gasteiger partial charge in [0.2, 0.25) is 11.1 Å². The van der Waals surface area contributed by atoms with Crippen LogP contribution < -0.4 is 0 Å². The maximum atomic E-state index is 13.0. The lowest BCUT2D eigenvalue weighted by Gasteiger charge is -2.30. The SMILES string of the molecule is Cc1cc(C)cc(-n2nnnc2S[C@H](C)C(=O)N2CCc3ccccc3C2)c1. The largest absolute Gasteiger partial charge is 0.337 e. The molecule has 0 N–H and O–H groups in total. The van der Waals surface area contributed by atoms with Crippen LogP contribution >= 0.6 is 11.8 Å². The van der Waals surface area contributed by atoms with Crippen molar-refractivity contribution in [3.63, 3.8) is 0 Å². The number of hydrogen-bond acceptors (Lipinski definition) is 5. The highest BCUT2D eigenvalue weighted by atomic mass is 32.2. The van der Waals surface area contributed by atoms with E-state index < -0.39 is 0 Å². The Bertz CT molecular complexity index is 995. The van der Waals surface area contributed by atoms with Gasteiger partial charge in [0.1, 0.15) is 0 Å². The third-order valence-electron chi connectivity index (χ3n) is 4.96. The Morgan fingerprint density at radius 2 is 1.82 bits per heavy atom. The zero-order valence-electron chi connectivity index (χ0n) is 16.3. The highest BCUT2D eigenvalue weighted by molar-refractivity contribution is 8.00. The number of thioether (sulfide) groups is 1. The fourth-order valence-corrected chi connectivity index (χ4v) is 4.53. The quantitative estimate of drug-likeness (QED) is 0.636. The molecule has 0 saturated carbocycles. The van der Waals surface area contributed by atoms with Gasteiger partial charge in [-0.1, -0.05) is 42.1 Å². The van der Waals surface area contributed by atoms with Gasteiger partial charge in [-0.2, -0.15) is 4.68 Å². The topological polar surface area (TPSA) is 63.9 Å². The normalized spacial score (nSPS) is 14.6. The second kappa shape index (κ2) is 7.75. The number of fused-ring (bicyclic) bond motifs is 1. The summed E-state index contributed by atoms with van der Waals surface area (Å²) in [4.78, 5) is 15.0. The fraction of sp³-hybridized carbons (Fsp3) is 0.333. The van der Waals surface area contributed by atoms with E-state index in [-0.39, 0.29) is 11.2 Å². The third-order valence-corrected chi connectivity index (χ3v) is 5.98. The molecule has 0 aliphatic carbocycles. The number of benzene rings is 2. The highest BCUT2D eigenvalue weighted by Crippen LogP contribution is 2.27. The molecule has 28 heavy (non-hydrogen) atoms. The van der Waals surface area contributed by atoms with Gasteiger partial charge in [0, 0.05) is 13.1 Å². The number of carbonyl (C=O) groups excluding carboxylic acids is 1. The molecular formula is C21H23N5OS. The van der Waals surface area contributed by atoms with Gasteiger partial charge in [0.05, 0.1) is 10.9 Å². The number of aromatic nitrogens is 4. The average Bonchev–Trinajstić information content (AvgIpc) is 3.14. The van der Waals surface area contributed by atoms with Crippen molar-refractivity contribution in [1.29, 1.82) is 0 Å². The van der Waals surface area contributed by atoms with Crippen molar-refractivity contribution in [2.24, 2.45) is 0 Å². The van der Waals surface area contributed by atoms with Crippen LogP contribution in [0.3, 0.4) is 0 Å². The van der Waals surface area contributed by atoms with Gasteiger partial charge in [0.25, 0.3) is 0 Å².